The Labute approximate surface area is 114 Å². The summed E-state index contributed by atoms with van der Waals surface area (Å²) in [6, 6.07) is 4.75. The quantitative estimate of drug-likeness (QED) is 0.898. The van der Waals surface area contributed by atoms with Gasteiger partial charge in [0.2, 0.25) is 11.7 Å². The van der Waals surface area contributed by atoms with Crippen molar-refractivity contribution < 1.29 is 18.5 Å². The van der Waals surface area contributed by atoms with Crippen LogP contribution in [0.3, 0.4) is 0 Å². The number of aromatic nitrogens is 1. The van der Waals surface area contributed by atoms with Crippen LogP contribution >= 0.6 is 0 Å². The maximum absolute atomic E-state index is 12.0. The summed E-state index contributed by atoms with van der Waals surface area (Å²) >= 11 is 0. The van der Waals surface area contributed by atoms with Crippen molar-refractivity contribution in [3.05, 3.63) is 30.2 Å². The van der Waals surface area contributed by atoms with Gasteiger partial charge in [-0.25, -0.2) is 0 Å². The van der Waals surface area contributed by atoms with Crippen molar-refractivity contribution in [2.45, 2.75) is 12.5 Å². The number of nitrogens with one attached hydrogen (secondary N) is 1. The molecule has 7 nitrogen and oxygen atoms in total. The monoisotopic (exact) mass is 275 g/mol. The van der Waals surface area contributed by atoms with E-state index in [9.17, 15) is 9.59 Å². The third-order valence-electron chi connectivity index (χ3n) is 3.18. The number of rotatable bonds is 3. The number of hydrogen-bond acceptors (Lipinski definition) is 5. The highest BCUT2D eigenvalue weighted by atomic mass is 16.5. The van der Waals surface area contributed by atoms with Crippen molar-refractivity contribution in [3.8, 4) is 11.5 Å². The standard InChI is InChI=1S/C13H13N3O4/c1-16-7-8(5-12(16)17)14-13(18)9-6-11(20-15-9)10-3-2-4-19-10/h2-4,6,8H,5,7H2,1H3,(H,14,18)/t8-/m0/s1. The molecule has 0 bridgehead atoms. The Hall–Kier alpha value is -2.57. The summed E-state index contributed by atoms with van der Waals surface area (Å²) in [6.45, 7) is 0.507. The Morgan fingerprint density at radius 2 is 2.35 bits per heavy atom. The van der Waals surface area contributed by atoms with Crippen LogP contribution < -0.4 is 5.32 Å². The lowest BCUT2D eigenvalue weighted by Crippen LogP contribution is -2.36. The first kappa shape index (κ1) is 12.5. The van der Waals surface area contributed by atoms with Crippen LogP contribution in [0.25, 0.3) is 11.5 Å². The molecule has 7 heteroatoms. The number of likely N-dealkylation sites (N-methyl/N-ethyl adjacent to an activating group) is 1. The Balaban J connectivity index is 1.68. The van der Waals surface area contributed by atoms with E-state index in [1.165, 1.54) is 12.3 Å². The van der Waals surface area contributed by atoms with Gasteiger partial charge >= 0.3 is 0 Å². The fraction of sp³-hybridized carbons (Fsp3) is 0.308. The minimum absolute atomic E-state index is 0.0201. The van der Waals surface area contributed by atoms with Gasteiger partial charge in [0.15, 0.2) is 11.5 Å². The molecule has 1 atom stereocenters. The first-order chi connectivity index (χ1) is 9.63. The zero-order valence-corrected chi connectivity index (χ0v) is 10.8. The third-order valence-corrected chi connectivity index (χ3v) is 3.18. The average molecular weight is 275 g/mol. The normalized spacial score (nSPS) is 18.6. The molecule has 0 radical (unpaired) electrons. The second-order valence-corrected chi connectivity index (χ2v) is 4.70. The zero-order chi connectivity index (χ0) is 14.1. The van der Waals surface area contributed by atoms with Crippen molar-refractivity contribution in [1.82, 2.24) is 15.4 Å². The molecule has 1 aliphatic heterocycles. The highest BCUT2D eigenvalue weighted by Gasteiger charge is 2.29. The van der Waals surface area contributed by atoms with E-state index in [1.54, 1.807) is 24.1 Å². The Morgan fingerprint density at radius 3 is 3.00 bits per heavy atom. The number of nitrogens with zero attached hydrogens (tertiary/aromatic N) is 2. The van der Waals surface area contributed by atoms with Gasteiger partial charge in [-0.2, -0.15) is 0 Å². The number of amides is 2. The molecule has 2 aromatic heterocycles. The summed E-state index contributed by atoms with van der Waals surface area (Å²) in [5, 5.41) is 6.47. The molecule has 0 aliphatic carbocycles. The predicted molar refractivity (Wildman–Crippen MR) is 67.7 cm³/mol. The minimum Gasteiger partial charge on any atom is -0.461 e. The summed E-state index contributed by atoms with van der Waals surface area (Å²) in [5.41, 5.74) is 0.165. The first-order valence-corrected chi connectivity index (χ1v) is 6.19. The van der Waals surface area contributed by atoms with Crippen LogP contribution in [-0.4, -0.2) is 41.5 Å². The van der Waals surface area contributed by atoms with Gasteiger partial charge in [0, 0.05) is 26.1 Å². The number of carbonyl (C=O) groups excluding carboxylic acids is 2. The van der Waals surface area contributed by atoms with Gasteiger partial charge in [-0.15, -0.1) is 0 Å². The van der Waals surface area contributed by atoms with Crippen molar-refractivity contribution in [1.29, 1.82) is 0 Å². The van der Waals surface area contributed by atoms with Gasteiger partial charge < -0.3 is 19.2 Å². The molecule has 0 spiro atoms. The van der Waals surface area contributed by atoms with E-state index in [-0.39, 0.29) is 23.6 Å². The summed E-state index contributed by atoms with van der Waals surface area (Å²) in [7, 11) is 1.71. The average Bonchev–Trinajstić information content (AvgIpc) is 3.12. The third kappa shape index (κ3) is 2.29. The highest BCUT2D eigenvalue weighted by molar-refractivity contribution is 5.93. The molecule has 2 amide bonds. The minimum atomic E-state index is -0.361. The molecule has 2 aromatic rings. The van der Waals surface area contributed by atoms with Crippen LogP contribution in [0.1, 0.15) is 16.9 Å². The topological polar surface area (TPSA) is 88.6 Å². The molecular formula is C13H13N3O4. The van der Waals surface area contributed by atoms with Gasteiger partial charge in [0.05, 0.1) is 12.3 Å². The van der Waals surface area contributed by atoms with Crippen LogP contribution in [-0.2, 0) is 4.79 Å². The maximum Gasteiger partial charge on any atom is 0.273 e. The van der Waals surface area contributed by atoms with Crippen LogP contribution in [0, 0.1) is 0 Å². The van der Waals surface area contributed by atoms with Gasteiger partial charge in [0.1, 0.15) is 0 Å². The molecule has 1 aliphatic rings. The van der Waals surface area contributed by atoms with Crippen molar-refractivity contribution in [2.75, 3.05) is 13.6 Å². The van der Waals surface area contributed by atoms with Crippen molar-refractivity contribution in [2.24, 2.45) is 0 Å². The molecule has 0 saturated carbocycles. The van der Waals surface area contributed by atoms with Crippen LogP contribution in [0.5, 0.6) is 0 Å². The van der Waals surface area contributed by atoms with E-state index in [0.717, 1.165) is 0 Å². The Bertz CT molecular complexity index is 632. The predicted octanol–water partition coefficient (Wildman–Crippen LogP) is 0.895. The van der Waals surface area contributed by atoms with Crippen molar-refractivity contribution >= 4 is 11.8 Å². The molecule has 20 heavy (non-hydrogen) atoms. The number of carbonyl (C=O) groups is 2. The van der Waals surface area contributed by atoms with Crippen LogP contribution in [0.15, 0.2) is 33.4 Å². The number of furan rings is 1. The van der Waals surface area contributed by atoms with Gasteiger partial charge in [-0.05, 0) is 12.1 Å². The molecular weight excluding hydrogens is 262 g/mol. The second-order valence-electron chi connectivity index (χ2n) is 4.70. The maximum atomic E-state index is 12.0. The Morgan fingerprint density at radius 1 is 1.50 bits per heavy atom. The fourth-order valence-electron chi connectivity index (χ4n) is 2.14. The summed E-state index contributed by atoms with van der Waals surface area (Å²) in [4.78, 5) is 25.0. The lowest BCUT2D eigenvalue weighted by molar-refractivity contribution is -0.126. The molecule has 1 fully saturated rings. The number of likely N-dealkylation sites (tertiary alicyclic amines) is 1. The first-order valence-electron chi connectivity index (χ1n) is 6.19. The van der Waals surface area contributed by atoms with Gasteiger partial charge in [0.25, 0.3) is 5.91 Å². The Kier molecular flexibility index (Phi) is 3.02. The van der Waals surface area contributed by atoms with E-state index in [1.807, 2.05) is 0 Å². The van der Waals surface area contributed by atoms with E-state index in [0.29, 0.717) is 24.5 Å². The zero-order valence-electron chi connectivity index (χ0n) is 10.8. The SMILES string of the molecule is CN1C[C@@H](NC(=O)c2cc(-c3ccco3)on2)CC1=O. The second kappa shape index (κ2) is 4.84. The van der Waals surface area contributed by atoms with Crippen molar-refractivity contribution in [3.63, 3.8) is 0 Å². The summed E-state index contributed by atoms with van der Waals surface area (Å²) < 4.78 is 10.2. The molecule has 0 aromatic carbocycles. The highest BCUT2D eigenvalue weighted by Crippen LogP contribution is 2.20. The largest absolute Gasteiger partial charge is 0.461 e. The molecule has 1 N–H and O–H groups in total. The summed E-state index contributed by atoms with van der Waals surface area (Å²) in [6.07, 6.45) is 1.82. The lowest BCUT2D eigenvalue weighted by Gasteiger charge is -2.10. The van der Waals surface area contributed by atoms with Crippen LogP contribution in [0.2, 0.25) is 0 Å². The van der Waals surface area contributed by atoms with Crippen LogP contribution in [0.4, 0.5) is 0 Å². The van der Waals surface area contributed by atoms with Gasteiger partial charge in [-0.1, -0.05) is 5.16 Å². The fourth-order valence-corrected chi connectivity index (χ4v) is 2.14. The molecule has 3 heterocycles. The summed E-state index contributed by atoms with van der Waals surface area (Å²) in [5.74, 6) is 0.554. The van der Waals surface area contributed by atoms with E-state index >= 15 is 0 Å². The van der Waals surface area contributed by atoms with E-state index in [2.05, 4.69) is 10.5 Å². The molecule has 0 unspecified atom stereocenters. The molecule has 3 rings (SSSR count). The molecule has 104 valence electrons. The smallest absolute Gasteiger partial charge is 0.273 e. The number of hydrogen-bond donors (Lipinski definition) is 1. The lowest BCUT2D eigenvalue weighted by atomic mass is 10.2. The van der Waals surface area contributed by atoms with E-state index in [4.69, 9.17) is 8.94 Å². The molecule has 1 saturated heterocycles. The van der Waals surface area contributed by atoms with E-state index < -0.39 is 0 Å². The van der Waals surface area contributed by atoms with Gasteiger partial charge in [-0.3, -0.25) is 9.59 Å².